The maximum absolute atomic E-state index is 12.1. The number of alkyl halides is 3. The lowest BCUT2D eigenvalue weighted by atomic mass is 10.2. The van der Waals surface area contributed by atoms with E-state index in [1.165, 1.54) is 11.9 Å². The third-order valence-electron chi connectivity index (χ3n) is 1.88. The van der Waals surface area contributed by atoms with Crippen molar-refractivity contribution in [2.45, 2.75) is 12.7 Å². The highest BCUT2D eigenvalue weighted by atomic mass is 79.9. The molecule has 0 fully saturated rings. The fourth-order valence-corrected chi connectivity index (χ4v) is 2.00. The van der Waals surface area contributed by atoms with Gasteiger partial charge in [0, 0.05) is 16.7 Å². The Kier molecular flexibility index (Phi) is 4.21. The van der Waals surface area contributed by atoms with Gasteiger partial charge in [0.2, 0.25) is 0 Å². The summed E-state index contributed by atoms with van der Waals surface area (Å²) < 4.78 is 37.0. The molecule has 0 aromatic heterocycles. The van der Waals surface area contributed by atoms with Gasteiger partial charge >= 0.3 is 6.18 Å². The molecule has 1 rings (SSSR count). The summed E-state index contributed by atoms with van der Waals surface area (Å²) in [6.07, 6.45) is -4.17. The number of rotatable bonds is 3. The molecule has 0 bridgehead atoms. The van der Waals surface area contributed by atoms with Gasteiger partial charge in [-0.25, -0.2) is 0 Å². The van der Waals surface area contributed by atoms with Crippen LogP contribution in [0.3, 0.4) is 0 Å². The molecule has 16 heavy (non-hydrogen) atoms. The standard InChI is InChI=1S/C10H12BrF3N2/c1-16(6-10(12,13)14)5-7-2-8(11)4-9(15)3-7/h2-4H,5-6,15H2,1H3. The molecule has 0 saturated heterocycles. The van der Waals surface area contributed by atoms with E-state index in [2.05, 4.69) is 15.9 Å². The minimum Gasteiger partial charge on any atom is -0.399 e. The molecular weight excluding hydrogens is 285 g/mol. The van der Waals surface area contributed by atoms with Gasteiger partial charge in [0.1, 0.15) is 0 Å². The highest BCUT2D eigenvalue weighted by molar-refractivity contribution is 9.10. The zero-order chi connectivity index (χ0) is 12.3. The van der Waals surface area contributed by atoms with Crippen molar-refractivity contribution in [2.75, 3.05) is 19.3 Å². The summed E-state index contributed by atoms with van der Waals surface area (Å²) in [5.74, 6) is 0. The average Bonchev–Trinajstić information content (AvgIpc) is 1.96. The third kappa shape index (κ3) is 4.85. The van der Waals surface area contributed by atoms with Gasteiger partial charge in [0.05, 0.1) is 6.54 Å². The molecule has 0 aliphatic heterocycles. The first-order valence-corrected chi connectivity index (χ1v) is 5.36. The summed E-state index contributed by atoms with van der Waals surface area (Å²) in [6.45, 7) is -0.720. The molecule has 2 N–H and O–H groups in total. The first-order chi connectivity index (χ1) is 7.26. The van der Waals surface area contributed by atoms with Crippen LogP contribution in [0.1, 0.15) is 5.56 Å². The van der Waals surface area contributed by atoms with Crippen LogP contribution in [0.15, 0.2) is 22.7 Å². The van der Waals surface area contributed by atoms with Gasteiger partial charge in [0.25, 0.3) is 0 Å². The minimum atomic E-state index is -4.17. The Labute approximate surface area is 100 Å². The first-order valence-electron chi connectivity index (χ1n) is 4.56. The Morgan fingerprint density at radius 3 is 2.44 bits per heavy atom. The molecule has 0 radical (unpaired) electrons. The summed E-state index contributed by atoms with van der Waals surface area (Å²) in [4.78, 5) is 1.20. The summed E-state index contributed by atoms with van der Waals surface area (Å²) in [5, 5.41) is 0. The molecule has 0 saturated carbocycles. The second kappa shape index (κ2) is 5.05. The van der Waals surface area contributed by atoms with Crippen molar-refractivity contribution in [1.82, 2.24) is 4.90 Å². The molecule has 0 heterocycles. The SMILES string of the molecule is CN(Cc1cc(N)cc(Br)c1)CC(F)(F)F. The summed E-state index contributed by atoms with van der Waals surface area (Å²) in [5.41, 5.74) is 6.87. The van der Waals surface area contributed by atoms with Crippen LogP contribution in [0, 0.1) is 0 Å². The van der Waals surface area contributed by atoms with E-state index in [9.17, 15) is 13.2 Å². The Hall–Kier alpha value is -0.750. The number of hydrogen-bond donors (Lipinski definition) is 1. The Morgan fingerprint density at radius 1 is 1.31 bits per heavy atom. The van der Waals surface area contributed by atoms with Gasteiger partial charge in [-0.2, -0.15) is 13.2 Å². The Morgan fingerprint density at radius 2 is 1.94 bits per heavy atom. The van der Waals surface area contributed by atoms with Crippen molar-refractivity contribution in [3.63, 3.8) is 0 Å². The highest BCUT2D eigenvalue weighted by Gasteiger charge is 2.29. The molecule has 0 amide bonds. The van der Waals surface area contributed by atoms with Gasteiger partial charge in [-0.1, -0.05) is 15.9 Å². The monoisotopic (exact) mass is 296 g/mol. The van der Waals surface area contributed by atoms with Crippen molar-refractivity contribution in [3.8, 4) is 0 Å². The maximum atomic E-state index is 12.1. The summed E-state index contributed by atoms with van der Waals surface area (Å²) >= 11 is 3.24. The van der Waals surface area contributed by atoms with Crippen LogP contribution in [0.4, 0.5) is 18.9 Å². The molecule has 0 spiro atoms. The molecule has 6 heteroatoms. The second-order valence-corrected chi connectivity index (χ2v) is 4.60. The lowest BCUT2D eigenvalue weighted by molar-refractivity contribution is -0.144. The van der Waals surface area contributed by atoms with Crippen LogP contribution in [0.5, 0.6) is 0 Å². The van der Waals surface area contributed by atoms with Crippen molar-refractivity contribution < 1.29 is 13.2 Å². The fraction of sp³-hybridized carbons (Fsp3) is 0.400. The van der Waals surface area contributed by atoms with Gasteiger partial charge in [0.15, 0.2) is 0 Å². The fourth-order valence-electron chi connectivity index (χ4n) is 1.44. The zero-order valence-corrected chi connectivity index (χ0v) is 10.3. The van der Waals surface area contributed by atoms with Gasteiger partial charge in [-0.15, -0.1) is 0 Å². The lowest BCUT2D eigenvalue weighted by Crippen LogP contribution is -2.30. The van der Waals surface area contributed by atoms with Crippen molar-refractivity contribution in [2.24, 2.45) is 0 Å². The van der Waals surface area contributed by atoms with Crippen molar-refractivity contribution >= 4 is 21.6 Å². The predicted molar refractivity (Wildman–Crippen MR) is 60.9 cm³/mol. The molecule has 0 aliphatic carbocycles. The minimum absolute atomic E-state index is 0.211. The highest BCUT2D eigenvalue weighted by Crippen LogP contribution is 2.20. The van der Waals surface area contributed by atoms with Crippen LogP contribution in [-0.4, -0.2) is 24.7 Å². The van der Waals surface area contributed by atoms with E-state index in [1.54, 1.807) is 18.2 Å². The van der Waals surface area contributed by atoms with E-state index >= 15 is 0 Å². The first kappa shape index (κ1) is 13.3. The van der Waals surface area contributed by atoms with Crippen LogP contribution in [0.2, 0.25) is 0 Å². The number of halogens is 4. The van der Waals surface area contributed by atoms with E-state index in [4.69, 9.17) is 5.73 Å². The number of anilines is 1. The van der Waals surface area contributed by atoms with E-state index < -0.39 is 12.7 Å². The van der Waals surface area contributed by atoms with Crippen LogP contribution >= 0.6 is 15.9 Å². The second-order valence-electron chi connectivity index (χ2n) is 3.68. The summed E-state index contributed by atoms with van der Waals surface area (Å²) in [6, 6.07) is 5.12. The third-order valence-corrected chi connectivity index (χ3v) is 2.34. The van der Waals surface area contributed by atoms with Crippen LogP contribution in [-0.2, 0) is 6.54 Å². The van der Waals surface area contributed by atoms with E-state index in [-0.39, 0.29) is 6.54 Å². The number of benzene rings is 1. The number of hydrogen-bond acceptors (Lipinski definition) is 2. The predicted octanol–water partition coefficient (Wildman–Crippen LogP) is 3.03. The topological polar surface area (TPSA) is 29.3 Å². The molecule has 2 nitrogen and oxygen atoms in total. The van der Waals surface area contributed by atoms with Crippen molar-refractivity contribution in [1.29, 1.82) is 0 Å². The van der Waals surface area contributed by atoms with Crippen LogP contribution in [0.25, 0.3) is 0 Å². The van der Waals surface area contributed by atoms with Crippen molar-refractivity contribution in [3.05, 3.63) is 28.2 Å². The van der Waals surface area contributed by atoms with Gasteiger partial charge in [-0.05, 0) is 30.8 Å². The average molecular weight is 297 g/mol. The molecule has 90 valence electrons. The van der Waals surface area contributed by atoms with Gasteiger partial charge in [-0.3, -0.25) is 4.90 Å². The smallest absolute Gasteiger partial charge is 0.399 e. The van der Waals surface area contributed by atoms with Crippen LogP contribution < -0.4 is 5.73 Å². The van der Waals surface area contributed by atoms with E-state index in [0.29, 0.717) is 5.69 Å². The molecule has 1 aromatic rings. The zero-order valence-electron chi connectivity index (χ0n) is 8.68. The summed E-state index contributed by atoms with van der Waals surface area (Å²) in [7, 11) is 1.42. The molecule has 1 aromatic carbocycles. The lowest BCUT2D eigenvalue weighted by Gasteiger charge is -2.18. The molecule has 0 unspecified atom stereocenters. The number of nitrogens with zero attached hydrogens (tertiary/aromatic N) is 1. The largest absolute Gasteiger partial charge is 0.401 e. The maximum Gasteiger partial charge on any atom is 0.401 e. The normalized spacial score (nSPS) is 12.1. The molecular formula is C10H12BrF3N2. The Bertz CT molecular complexity index is 345. The Balaban J connectivity index is 2.66. The van der Waals surface area contributed by atoms with Gasteiger partial charge < -0.3 is 5.73 Å². The van der Waals surface area contributed by atoms with E-state index in [0.717, 1.165) is 10.0 Å². The molecule has 0 aliphatic rings. The molecule has 0 atom stereocenters. The quantitative estimate of drug-likeness (QED) is 0.869. The van der Waals surface area contributed by atoms with E-state index in [1.807, 2.05) is 0 Å². The number of nitrogens with two attached hydrogens (primary N) is 1. The number of nitrogen functional groups attached to an aromatic ring is 1.